The van der Waals surface area contributed by atoms with Crippen molar-refractivity contribution in [2.75, 3.05) is 31.8 Å². The topological polar surface area (TPSA) is 93.4 Å². The fourth-order valence-electron chi connectivity index (χ4n) is 3.81. The first-order valence-electron chi connectivity index (χ1n) is 9.84. The van der Waals surface area contributed by atoms with Crippen molar-refractivity contribution in [1.82, 2.24) is 14.9 Å². The van der Waals surface area contributed by atoms with E-state index in [0.29, 0.717) is 17.1 Å². The molecule has 0 atom stereocenters. The van der Waals surface area contributed by atoms with Gasteiger partial charge in [0.05, 0.1) is 19.0 Å². The molecule has 1 aliphatic heterocycles. The molecule has 1 aromatic heterocycles. The second-order valence-electron chi connectivity index (χ2n) is 7.59. The Labute approximate surface area is 175 Å². The van der Waals surface area contributed by atoms with Gasteiger partial charge in [-0.3, -0.25) is 4.79 Å². The van der Waals surface area contributed by atoms with Crippen molar-refractivity contribution in [1.29, 1.82) is 0 Å². The standard InChI is InChI=1S/C23H25N5O2/c1-14-9-15(10-16-13-28(2)8-7-19(14)16)20-12-25-22(24)21(27-20)23(29)26-17-5-4-6-18(11-17)30-3/h4-6,9-12H,7-8,13H2,1-3H3,(H2,24,25)(H,26,29). The Balaban J connectivity index is 1.66. The predicted octanol–water partition coefficient (Wildman–Crippen LogP) is 3.28. The molecule has 0 bridgehead atoms. The lowest BCUT2D eigenvalue weighted by Gasteiger charge is -2.27. The Hall–Kier alpha value is -3.45. The van der Waals surface area contributed by atoms with Crippen molar-refractivity contribution < 1.29 is 9.53 Å². The van der Waals surface area contributed by atoms with Gasteiger partial charge in [-0.1, -0.05) is 6.07 Å². The van der Waals surface area contributed by atoms with E-state index in [1.54, 1.807) is 37.6 Å². The Morgan fingerprint density at radius 1 is 1.27 bits per heavy atom. The summed E-state index contributed by atoms with van der Waals surface area (Å²) in [6.45, 7) is 4.08. The summed E-state index contributed by atoms with van der Waals surface area (Å²) in [6, 6.07) is 11.4. The van der Waals surface area contributed by atoms with Gasteiger partial charge in [0.15, 0.2) is 11.5 Å². The number of fused-ring (bicyclic) bond motifs is 1. The number of benzene rings is 2. The number of nitrogens with one attached hydrogen (secondary N) is 1. The van der Waals surface area contributed by atoms with Gasteiger partial charge < -0.3 is 20.7 Å². The quantitative estimate of drug-likeness (QED) is 0.694. The molecule has 2 heterocycles. The minimum Gasteiger partial charge on any atom is -0.497 e. The van der Waals surface area contributed by atoms with Gasteiger partial charge in [-0.2, -0.15) is 0 Å². The number of rotatable bonds is 4. The summed E-state index contributed by atoms with van der Waals surface area (Å²) < 4.78 is 5.20. The summed E-state index contributed by atoms with van der Waals surface area (Å²) in [5.74, 6) is 0.327. The molecule has 154 valence electrons. The van der Waals surface area contributed by atoms with Crippen molar-refractivity contribution in [2.24, 2.45) is 0 Å². The van der Waals surface area contributed by atoms with Gasteiger partial charge in [0.25, 0.3) is 5.91 Å². The van der Waals surface area contributed by atoms with Crippen molar-refractivity contribution >= 4 is 17.4 Å². The van der Waals surface area contributed by atoms with Gasteiger partial charge >= 0.3 is 0 Å². The van der Waals surface area contributed by atoms with E-state index in [1.807, 2.05) is 0 Å². The van der Waals surface area contributed by atoms with Crippen molar-refractivity contribution in [3.63, 3.8) is 0 Å². The molecule has 0 spiro atoms. The molecule has 0 saturated carbocycles. The summed E-state index contributed by atoms with van der Waals surface area (Å²) in [4.78, 5) is 23.9. The molecule has 0 unspecified atom stereocenters. The SMILES string of the molecule is COc1cccc(NC(=O)c2nc(-c3cc(C)c4c(c3)CN(C)CC4)cnc2N)c1. The number of carbonyl (C=O) groups excluding carboxylic acids is 1. The van der Waals surface area contributed by atoms with Crippen molar-refractivity contribution in [2.45, 2.75) is 19.9 Å². The number of nitrogen functional groups attached to an aromatic ring is 1. The summed E-state index contributed by atoms with van der Waals surface area (Å²) >= 11 is 0. The molecule has 7 heteroatoms. The molecule has 1 aliphatic rings. The predicted molar refractivity (Wildman–Crippen MR) is 118 cm³/mol. The maximum Gasteiger partial charge on any atom is 0.278 e. The lowest BCUT2D eigenvalue weighted by Crippen LogP contribution is -2.27. The number of amides is 1. The number of hydrogen-bond acceptors (Lipinski definition) is 6. The highest BCUT2D eigenvalue weighted by atomic mass is 16.5. The molecule has 0 aliphatic carbocycles. The van der Waals surface area contributed by atoms with E-state index in [2.05, 4.69) is 46.3 Å². The molecule has 3 aromatic rings. The average Bonchev–Trinajstić information content (AvgIpc) is 2.73. The van der Waals surface area contributed by atoms with Crippen LogP contribution in [0.2, 0.25) is 0 Å². The fraction of sp³-hybridized carbons (Fsp3) is 0.261. The molecular weight excluding hydrogens is 378 g/mol. The maximum absolute atomic E-state index is 12.8. The molecule has 4 rings (SSSR count). The Kier molecular flexibility index (Phi) is 5.37. The third-order valence-electron chi connectivity index (χ3n) is 5.39. The van der Waals surface area contributed by atoms with Crippen LogP contribution in [0.4, 0.5) is 11.5 Å². The normalized spacial score (nSPS) is 13.6. The second-order valence-corrected chi connectivity index (χ2v) is 7.59. The number of aryl methyl sites for hydroxylation is 1. The van der Waals surface area contributed by atoms with Crippen LogP contribution in [0.5, 0.6) is 5.75 Å². The van der Waals surface area contributed by atoms with Crippen LogP contribution in [0.25, 0.3) is 11.3 Å². The zero-order valence-corrected chi connectivity index (χ0v) is 17.4. The highest BCUT2D eigenvalue weighted by molar-refractivity contribution is 6.06. The van der Waals surface area contributed by atoms with Gasteiger partial charge in [0, 0.05) is 30.4 Å². The van der Waals surface area contributed by atoms with Crippen LogP contribution in [0.3, 0.4) is 0 Å². The van der Waals surface area contributed by atoms with E-state index in [-0.39, 0.29) is 11.5 Å². The number of nitrogens with two attached hydrogens (primary N) is 1. The van der Waals surface area contributed by atoms with E-state index >= 15 is 0 Å². The van der Waals surface area contributed by atoms with E-state index in [9.17, 15) is 4.79 Å². The van der Waals surface area contributed by atoms with Crippen LogP contribution < -0.4 is 15.8 Å². The Morgan fingerprint density at radius 2 is 2.10 bits per heavy atom. The number of ether oxygens (including phenoxy) is 1. The number of methoxy groups -OCH3 is 1. The molecule has 3 N–H and O–H groups in total. The van der Waals surface area contributed by atoms with Crippen LogP contribution in [0.15, 0.2) is 42.6 Å². The fourth-order valence-corrected chi connectivity index (χ4v) is 3.81. The number of carbonyl (C=O) groups is 1. The monoisotopic (exact) mass is 403 g/mol. The zero-order valence-electron chi connectivity index (χ0n) is 17.4. The first kappa shape index (κ1) is 19.8. The molecule has 0 fully saturated rings. The maximum atomic E-state index is 12.8. The van der Waals surface area contributed by atoms with Crippen LogP contribution in [-0.2, 0) is 13.0 Å². The number of anilines is 2. The lowest BCUT2D eigenvalue weighted by molar-refractivity contribution is 0.102. The van der Waals surface area contributed by atoms with Crippen LogP contribution in [0, 0.1) is 6.92 Å². The molecular formula is C23H25N5O2. The van der Waals surface area contributed by atoms with Crippen molar-refractivity contribution in [3.8, 4) is 17.0 Å². The van der Waals surface area contributed by atoms with Crippen LogP contribution in [-0.4, -0.2) is 41.5 Å². The summed E-state index contributed by atoms with van der Waals surface area (Å²) in [5, 5.41) is 2.81. The van der Waals surface area contributed by atoms with E-state index < -0.39 is 5.91 Å². The zero-order chi connectivity index (χ0) is 21.3. The first-order chi connectivity index (χ1) is 14.4. The summed E-state index contributed by atoms with van der Waals surface area (Å²) in [6.07, 6.45) is 2.66. The number of hydrogen-bond donors (Lipinski definition) is 2. The van der Waals surface area contributed by atoms with Gasteiger partial charge in [0.2, 0.25) is 0 Å². The summed E-state index contributed by atoms with van der Waals surface area (Å²) in [5.41, 5.74) is 12.1. The number of nitrogens with zero attached hydrogens (tertiary/aromatic N) is 3. The smallest absolute Gasteiger partial charge is 0.278 e. The Bertz CT molecular complexity index is 1110. The van der Waals surface area contributed by atoms with Gasteiger partial charge in [-0.25, -0.2) is 9.97 Å². The third kappa shape index (κ3) is 3.97. The second kappa shape index (κ2) is 8.12. The van der Waals surface area contributed by atoms with Crippen molar-refractivity contribution in [3.05, 3.63) is 65.0 Å². The van der Waals surface area contributed by atoms with Crippen LogP contribution in [0.1, 0.15) is 27.2 Å². The highest BCUT2D eigenvalue weighted by Gasteiger charge is 2.19. The average molecular weight is 403 g/mol. The minimum absolute atomic E-state index is 0.0913. The molecule has 30 heavy (non-hydrogen) atoms. The lowest BCUT2D eigenvalue weighted by atomic mass is 9.92. The van der Waals surface area contributed by atoms with Crippen LogP contribution >= 0.6 is 0 Å². The minimum atomic E-state index is -0.412. The first-order valence-corrected chi connectivity index (χ1v) is 9.84. The molecule has 0 radical (unpaired) electrons. The van der Waals surface area contributed by atoms with Gasteiger partial charge in [-0.05, 0) is 61.3 Å². The Morgan fingerprint density at radius 3 is 2.90 bits per heavy atom. The van der Waals surface area contributed by atoms with E-state index in [4.69, 9.17) is 10.5 Å². The number of likely N-dealkylation sites (N-methyl/N-ethyl adjacent to an activating group) is 1. The molecule has 2 aromatic carbocycles. The third-order valence-corrected chi connectivity index (χ3v) is 5.39. The largest absolute Gasteiger partial charge is 0.497 e. The van der Waals surface area contributed by atoms with E-state index in [0.717, 1.165) is 25.1 Å². The molecule has 1 amide bonds. The molecule has 7 nitrogen and oxygen atoms in total. The highest BCUT2D eigenvalue weighted by Crippen LogP contribution is 2.28. The van der Waals surface area contributed by atoms with E-state index in [1.165, 1.54) is 16.7 Å². The molecule has 0 saturated heterocycles. The number of aromatic nitrogens is 2. The van der Waals surface area contributed by atoms with Gasteiger partial charge in [0.1, 0.15) is 5.75 Å². The van der Waals surface area contributed by atoms with Gasteiger partial charge in [-0.15, -0.1) is 0 Å². The summed E-state index contributed by atoms with van der Waals surface area (Å²) in [7, 11) is 3.70.